The molecule has 21 heavy (non-hydrogen) atoms. The SMILES string of the molecule is C/C1=C\[C@H]2CC(C)C[C@]2(O)C/C(C)=C/CC(C)(C)CCC1. The minimum Gasteiger partial charge on any atom is -0.389 e. The van der Waals surface area contributed by atoms with Crippen molar-refractivity contribution in [3.8, 4) is 0 Å². The first kappa shape index (κ1) is 16.8. The van der Waals surface area contributed by atoms with Gasteiger partial charge in [-0.15, -0.1) is 0 Å². The first-order valence-corrected chi connectivity index (χ1v) is 8.75. The molecule has 0 aliphatic heterocycles. The van der Waals surface area contributed by atoms with Crippen molar-refractivity contribution in [2.45, 2.75) is 85.2 Å². The van der Waals surface area contributed by atoms with E-state index in [4.69, 9.17) is 0 Å². The monoisotopic (exact) mass is 290 g/mol. The lowest BCUT2D eigenvalue weighted by molar-refractivity contribution is 0.0171. The smallest absolute Gasteiger partial charge is 0.0749 e. The average Bonchev–Trinajstić information content (AvgIpc) is 2.60. The van der Waals surface area contributed by atoms with Crippen molar-refractivity contribution in [1.82, 2.24) is 0 Å². The van der Waals surface area contributed by atoms with Crippen LogP contribution in [-0.2, 0) is 0 Å². The molecule has 0 spiro atoms. The fourth-order valence-electron chi connectivity index (χ4n) is 4.30. The molecule has 0 aromatic carbocycles. The van der Waals surface area contributed by atoms with Gasteiger partial charge in [0.2, 0.25) is 0 Å². The van der Waals surface area contributed by atoms with E-state index in [0.29, 0.717) is 17.3 Å². The number of hydrogen-bond acceptors (Lipinski definition) is 1. The minimum atomic E-state index is -0.509. The van der Waals surface area contributed by atoms with Crippen LogP contribution >= 0.6 is 0 Å². The van der Waals surface area contributed by atoms with E-state index in [9.17, 15) is 5.11 Å². The lowest BCUT2D eigenvalue weighted by Crippen LogP contribution is -2.33. The lowest BCUT2D eigenvalue weighted by Gasteiger charge is -2.31. The summed E-state index contributed by atoms with van der Waals surface area (Å²) in [5, 5.41) is 11.2. The molecule has 0 heterocycles. The second kappa shape index (κ2) is 6.28. The van der Waals surface area contributed by atoms with Crippen LogP contribution in [0.1, 0.15) is 79.6 Å². The number of hydrogen-bond donors (Lipinski definition) is 1. The molecular formula is C20H34O. The van der Waals surface area contributed by atoms with Crippen LogP contribution in [0, 0.1) is 17.3 Å². The van der Waals surface area contributed by atoms with Crippen molar-refractivity contribution in [2.75, 3.05) is 0 Å². The molecule has 1 saturated carbocycles. The Morgan fingerprint density at radius 3 is 2.62 bits per heavy atom. The molecule has 1 N–H and O–H groups in total. The maximum Gasteiger partial charge on any atom is 0.0749 e. The summed E-state index contributed by atoms with van der Waals surface area (Å²) >= 11 is 0. The van der Waals surface area contributed by atoms with Crippen LogP contribution in [-0.4, -0.2) is 10.7 Å². The van der Waals surface area contributed by atoms with Crippen LogP contribution < -0.4 is 0 Å². The van der Waals surface area contributed by atoms with Crippen LogP contribution in [0.2, 0.25) is 0 Å². The maximum atomic E-state index is 11.2. The third-order valence-corrected chi connectivity index (χ3v) is 5.55. The van der Waals surface area contributed by atoms with Crippen molar-refractivity contribution in [2.24, 2.45) is 17.3 Å². The highest BCUT2D eigenvalue weighted by Crippen LogP contribution is 2.45. The van der Waals surface area contributed by atoms with E-state index in [1.165, 1.54) is 30.4 Å². The predicted octanol–water partition coefficient (Wildman–Crippen LogP) is 5.65. The highest BCUT2D eigenvalue weighted by atomic mass is 16.3. The zero-order valence-electron chi connectivity index (χ0n) is 14.7. The summed E-state index contributed by atoms with van der Waals surface area (Å²) in [6.07, 6.45) is 12.6. The highest BCUT2D eigenvalue weighted by molar-refractivity contribution is 5.15. The molecule has 0 saturated heterocycles. The Morgan fingerprint density at radius 2 is 1.90 bits per heavy atom. The zero-order valence-corrected chi connectivity index (χ0v) is 14.7. The van der Waals surface area contributed by atoms with Crippen molar-refractivity contribution in [1.29, 1.82) is 0 Å². The molecule has 0 aromatic rings. The molecule has 3 atom stereocenters. The molecule has 0 radical (unpaired) electrons. The fourth-order valence-corrected chi connectivity index (χ4v) is 4.30. The zero-order chi connectivity index (χ0) is 15.7. The molecule has 1 nitrogen and oxygen atoms in total. The average molecular weight is 290 g/mol. The highest BCUT2D eigenvalue weighted by Gasteiger charge is 2.43. The van der Waals surface area contributed by atoms with Gasteiger partial charge in [-0.1, -0.05) is 44.1 Å². The van der Waals surface area contributed by atoms with E-state index < -0.39 is 5.60 Å². The molecule has 0 aromatic heterocycles. The Kier molecular flexibility index (Phi) is 5.03. The third kappa shape index (κ3) is 4.45. The van der Waals surface area contributed by atoms with E-state index in [1.807, 2.05) is 0 Å². The van der Waals surface area contributed by atoms with Gasteiger partial charge in [0.15, 0.2) is 0 Å². The second-order valence-corrected chi connectivity index (χ2v) is 8.72. The number of allylic oxidation sites excluding steroid dienone is 2. The van der Waals surface area contributed by atoms with Crippen molar-refractivity contribution >= 4 is 0 Å². The Labute approximate surface area is 131 Å². The predicted molar refractivity (Wildman–Crippen MR) is 91.2 cm³/mol. The van der Waals surface area contributed by atoms with Gasteiger partial charge in [-0.05, 0) is 70.1 Å². The lowest BCUT2D eigenvalue weighted by atomic mass is 9.79. The van der Waals surface area contributed by atoms with Gasteiger partial charge in [0.05, 0.1) is 5.60 Å². The van der Waals surface area contributed by atoms with Crippen LogP contribution in [0.3, 0.4) is 0 Å². The number of aliphatic hydroxyl groups is 1. The van der Waals surface area contributed by atoms with Crippen LogP contribution in [0.25, 0.3) is 0 Å². The van der Waals surface area contributed by atoms with Crippen molar-refractivity contribution in [3.63, 3.8) is 0 Å². The number of fused-ring (bicyclic) bond motifs is 1. The molecule has 1 unspecified atom stereocenters. The first-order valence-electron chi connectivity index (χ1n) is 8.75. The molecule has 1 heteroatoms. The van der Waals surface area contributed by atoms with E-state index in [0.717, 1.165) is 25.7 Å². The van der Waals surface area contributed by atoms with Gasteiger partial charge in [-0.25, -0.2) is 0 Å². The number of rotatable bonds is 0. The first-order chi connectivity index (χ1) is 9.70. The van der Waals surface area contributed by atoms with E-state index >= 15 is 0 Å². The summed E-state index contributed by atoms with van der Waals surface area (Å²) in [6, 6.07) is 0. The van der Waals surface area contributed by atoms with Crippen LogP contribution in [0.15, 0.2) is 23.3 Å². The standard InChI is InChI=1S/C20H34O/c1-15-7-6-9-19(4,5)10-8-16(2)13-20(21)14-17(3)12-18(20)11-15/h8,11,17-18,21H,6-7,9-10,12-14H2,1-5H3/b15-11+,16-8+/t17?,18-,20+/m0/s1. The van der Waals surface area contributed by atoms with Gasteiger partial charge in [-0.3, -0.25) is 0 Å². The van der Waals surface area contributed by atoms with E-state index in [1.54, 1.807) is 0 Å². The molecule has 0 amide bonds. The Bertz CT molecular complexity index is 429. The summed E-state index contributed by atoms with van der Waals surface area (Å²) in [7, 11) is 0. The maximum absolute atomic E-state index is 11.2. The van der Waals surface area contributed by atoms with Gasteiger partial charge in [0, 0.05) is 5.92 Å². The van der Waals surface area contributed by atoms with Gasteiger partial charge in [0.25, 0.3) is 0 Å². The molecule has 2 aliphatic carbocycles. The third-order valence-electron chi connectivity index (χ3n) is 5.55. The molecule has 2 rings (SSSR count). The largest absolute Gasteiger partial charge is 0.389 e. The molecular weight excluding hydrogens is 256 g/mol. The summed E-state index contributed by atoms with van der Waals surface area (Å²) < 4.78 is 0. The van der Waals surface area contributed by atoms with Crippen LogP contribution in [0.4, 0.5) is 0 Å². The fraction of sp³-hybridized carbons (Fsp3) is 0.800. The summed E-state index contributed by atoms with van der Waals surface area (Å²) in [6.45, 7) is 11.5. The second-order valence-electron chi connectivity index (χ2n) is 8.72. The van der Waals surface area contributed by atoms with Crippen LogP contribution in [0.5, 0.6) is 0 Å². The molecule has 120 valence electrons. The van der Waals surface area contributed by atoms with Gasteiger partial charge >= 0.3 is 0 Å². The minimum absolute atomic E-state index is 0.350. The summed E-state index contributed by atoms with van der Waals surface area (Å²) in [4.78, 5) is 0. The van der Waals surface area contributed by atoms with Crippen molar-refractivity contribution < 1.29 is 5.11 Å². The summed E-state index contributed by atoms with van der Waals surface area (Å²) in [5.74, 6) is 0.988. The molecule has 0 bridgehead atoms. The molecule has 1 fully saturated rings. The van der Waals surface area contributed by atoms with Crippen molar-refractivity contribution in [3.05, 3.63) is 23.3 Å². The Morgan fingerprint density at radius 1 is 1.19 bits per heavy atom. The van der Waals surface area contributed by atoms with Gasteiger partial charge in [0.1, 0.15) is 0 Å². The van der Waals surface area contributed by atoms with E-state index in [2.05, 4.69) is 46.8 Å². The van der Waals surface area contributed by atoms with Gasteiger partial charge in [-0.2, -0.15) is 0 Å². The Balaban J connectivity index is 2.26. The quantitative estimate of drug-likeness (QED) is 0.572. The molecule has 2 aliphatic rings. The topological polar surface area (TPSA) is 20.2 Å². The van der Waals surface area contributed by atoms with Gasteiger partial charge < -0.3 is 5.11 Å². The van der Waals surface area contributed by atoms with E-state index in [-0.39, 0.29) is 0 Å². The normalized spacial score (nSPS) is 42.8. The summed E-state index contributed by atoms with van der Waals surface area (Å²) in [5.41, 5.74) is 2.72. The Hall–Kier alpha value is -0.560.